The number of amides is 1. The van der Waals surface area contributed by atoms with Crippen LogP contribution in [-0.2, 0) is 9.53 Å². The molecule has 0 bridgehead atoms. The first-order chi connectivity index (χ1) is 9.93. The zero-order chi connectivity index (χ0) is 15.8. The number of carbonyl (C=O) groups excluding carboxylic acids is 1. The minimum atomic E-state index is -0.0697. The summed E-state index contributed by atoms with van der Waals surface area (Å²) in [6.45, 7) is 6.86. The Kier molecular flexibility index (Phi) is 7.02. The number of nitrogen functional groups attached to an aromatic ring is 1. The number of carbonyl (C=O) groups is 1. The molecule has 3 N–H and O–H groups in total. The minimum Gasteiger partial charge on any atom is -0.495 e. The van der Waals surface area contributed by atoms with Crippen LogP contribution < -0.4 is 15.8 Å². The summed E-state index contributed by atoms with van der Waals surface area (Å²) < 4.78 is 10.8. The van der Waals surface area contributed by atoms with Gasteiger partial charge in [-0.25, -0.2) is 0 Å². The number of methoxy groups -OCH3 is 1. The van der Waals surface area contributed by atoms with Crippen LogP contribution in [0, 0.1) is 5.92 Å². The third-order valence-corrected chi connectivity index (χ3v) is 3.37. The Morgan fingerprint density at radius 1 is 1.33 bits per heavy atom. The molecule has 5 nitrogen and oxygen atoms in total. The van der Waals surface area contributed by atoms with E-state index in [4.69, 9.17) is 15.2 Å². The molecule has 0 aliphatic rings. The Balaban J connectivity index is 2.39. The fourth-order valence-electron chi connectivity index (χ4n) is 1.73. The monoisotopic (exact) mass is 294 g/mol. The summed E-state index contributed by atoms with van der Waals surface area (Å²) in [7, 11) is 1.56. The van der Waals surface area contributed by atoms with Gasteiger partial charge in [-0.3, -0.25) is 4.79 Å². The molecule has 1 atom stereocenters. The van der Waals surface area contributed by atoms with Gasteiger partial charge in [0.1, 0.15) is 5.75 Å². The highest BCUT2D eigenvalue weighted by atomic mass is 16.5. The first kappa shape index (κ1) is 17.3. The summed E-state index contributed by atoms with van der Waals surface area (Å²) in [6, 6.07) is 5.15. The number of hydrogen-bond donors (Lipinski definition) is 2. The van der Waals surface area contributed by atoms with Crippen LogP contribution in [0.25, 0.3) is 0 Å². The van der Waals surface area contributed by atoms with Crippen LogP contribution in [0.15, 0.2) is 18.2 Å². The van der Waals surface area contributed by atoms with Gasteiger partial charge in [-0.2, -0.15) is 0 Å². The van der Waals surface area contributed by atoms with E-state index in [-0.39, 0.29) is 12.0 Å². The molecule has 0 aromatic heterocycles. The van der Waals surface area contributed by atoms with Gasteiger partial charge in [0.2, 0.25) is 5.91 Å². The second-order valence-corrected chi connectivity index (χ2v) is 5.43. The molecule has 118 valence electrons. The number of rotatable bonds is 8. The highest BCUT2D eigenvalue weighted by Gasteiger charge is 2.10. The SMILES string of the molecule is COc1ccc(N)cc1NC(=O)CCCOC(C)C(C)C. The van der Waals surface area contributed by atoms with E-state index in [1.165, 1.54) is 0 Å². The molecule has 1 amide bonds. The minimum absolute atomic E-state index is 0.0697. The lowest BCUT2D eigenvalue weighted by atomic mass is 10.1. The molecule has 0 aliphatic carbocycles. The normalized spacial score (nSPS) is 12.2. The van der Waals surface area contributed by atoms with Crippen LogP contribution in [0.2, 0.25) is 0 Å². The molecule has 0 saturated carbocycles. The van der Waals surface area contributed by atoms with Crippen molar-refractivity contribution in [2.75, 3.05) is 24.8 Å². The third-order valence-electron chi connectivity index (χ3n) is 3.37. The lowest BCUT2D eigenvalue weighted by Gasteiger charge is -2.16. The van der Waals surface area contributed by atoms with E-state index in [9.17, 15) is 4.79 Å². The second kappa shape index (κ2) is 8.52. The molecule has 1 aromatic carbocycles. The van der Waals surface area contributed by atoms with Gasteiger partial charge >= 0.3 is 0 Å². The maximum absolute atomic E-state index is 11.9. The van der Waals surface area contributed by atoms with Crippen LogP contribution in [0.3, 0.4) is 0 Å². The van der Waals surface area contributed by atoms with E-state index < -0.39 is 0 Å². The highest BCUT2D eigenvalue weighted by Crippen LogP contribution is 2.26. The van der Waals surface area contributed by atoms with Gasteiger partial charge < -0.3 is 20.5 Å². The number of benzene rings is 1. The quantitative estimate of drug-likeness (QED) is 0.571. The van der Waals surface area contributed by atoms with E-state index in [0.717, 1.165) is 0 Å². The molecule has 1 rings (SSSR count). The van der Waals surface area contributed by atoms with E-state index in [1.807, 2.05) is 6.92 Å². The Morgan fingerprint density at radius 3 is 2.67 bits per heavy atom. The molecule has 0 radical (unpaired) electrons. The van der Waals surface area contributed by atoms with Gasteiger partial charge in [0.25, 0.3) is 0 Å². The van der Waals surface area contributed by atoms with Crippen molar-refractivity contribution < 1.29 is 14.3 Å². The van der Waals surface area contributed by atoms with Gasteiger partial charge in [-0.1, -0.05) is 13.8 Å². The van der Waals surface area contributed by atoms with Crippen molar-refractivity contribution in [1.29, 1.82) is 0 Å². The van der Waals surface area contributed by atoms with Crippen molar-refractivity contribution in [3.8, 4) is 5.75 Å². The lowest BCUT2D eigenvalue weighted by Crippen LogP contribution is -2.18. The van der Waals surface area contributed by atoms with Crippen LogP contribution in [0.4, 0.5) is 11.4 Å². The van der Waals surface area contributed by atoms with E-state index in [0.29, 0.717) is 42.5 Å². The summed E-state index contributed by atoms with van der Waals surface area (Å²) in [5.41, 5.74) is 6.89. The molecule has 1 unspecified atom stereocenters. The maximum Gasteiger partial charge on any atom is 0.224 e. The average molecular weight is 294 g/mol. The summed E-state index contributed by atoms with van der Waals surface area (Å²) in [5, 5.41) is 2.81. The Labute approximate surface area is 126 Å². The molecule has 0 fully saturated rings. The predicted molar refractivity (Wildman–Crippen MR) is 85.5 cm³/mol. The Morgan fingerprint density at radius 2 is 2.05 bits per heavy atom. The van der Waals surface area contributed by atoms with Gasteiger partial charge in [0, 0.05) is 18.7 Å². The average Bonchev–Trinajstić information content (AvgIpc) is 2.43. The molecule has 5 heteroatoms. The molecule has 0 heterocycles. The summed E-state index contributed by atoms with van der Waals surface area (Å²) in [5.74, 6) is 1.01. The first-order valence-electron chi connectivity index (χ1n) is 7.29. The zero-order valence-electron chi connectivity index (χ0n) is 13.3. The number of ether oxygens (including phenoxy) is 2. The molecule has 0 spiro atoms. The second-order valence-electron chi connectivity index (χ2n) is 5.43. The Hall–Kier alpha value is -1.75. The smallest absolute Gasteiger partial charge is 0.224 e. The molecule has 0 saturated heterocycles. The molecular formula is C16H26N2O3. The number of hydrogen-bond acceptors (Lipinski definition) is 4. The molecular weight excluding hydrogens is 268 g/mol. The summed E-state index contributed by atoms with van der Waals surface area (Å²) in [4.78, 5) is 11.9. The zero-order valence-corrected chi connectivity index (χ0v) is 13.3. The third kappa shape index (κ3) is 6.04. The molecule has 21 heavy (non-hydrogen) atoms. The van der Waals surface area contributed by atoms with Crippen molar-refractivity contribution in [1.82, 2.24) is 0 Å². The number of nitrogens with two attached hydrogens (primary N) is 1. The van der Waals surface area contributed by atoms with Gasteiger partial charge in [0.05, 0.1) is 18.9 Å². The Bertz CT molecular complexity index is 461. The van der Waals surface area contributed by atoms with Crippen LogP contribution in [-0.4, -0.2) is 25.7 Å². The first-order valence-corrected chi connectivity index (χ1v) is 7.29. The van der Waals surface area contributed by atoms with Crippen molar-refractivity contribution in [3.63, 3.8) is 0 Å². The lowest BCUT2D eigenvalue weighted by molar-refractivity contribution is -0.116. The predicted octanol–water partition coefficient (Wildman–Crippen LogP) is 3.06. The fraction of sp³-hybridized carbons (Fsp3) is 0.562. The number of nitrogens with one attached hydrogen (secondary N) is 1. The van der Waals surface area contributed by atoms with Crippen LogP contribution >= 0.6 is 0 Å². The highest BCUT2D eigenvalue weighted by molar-refractivity contribution is 5.92. The van der Waals surface area contributed by atoms with Crippen LogP contribution in [0.5, 0.6) is 5.75 Å². The summed E-state index contributed by atoms with van der Waals surface area (Å²) in [6.07, 6.45) is 1.30. The molecule has 0 aliphatic heterocycles. The van der Waals surface area contributed by atoms with Gasteiger partial charge in [-0.05, 0) is 37.5 Å². The van der Waals surface area contributed by atoms with Crippen LogP contribution in [0.1, 0.15) is 33.6 Å². The fourth-order valence-corrected chi connectivity index (χ4v) is 1.73. The summed E-state index contributed by atoms with van der Waals surface area (Å²) >= 11 is 0. The standard InChI is InChI=1S/C16H26N2O3/c1-11(2)12(3)21-9-5-6-16(19)18-14-10-13(17)7-8-15(14)20-4/h7-8,10-12H,5-6,9,17H2,1-4H3,(H,18,19). The van der Waals surface area contributed by atoms with Crippen molar-refractivity contribution in [2.24, 2.45) is 5.92 Å². The van der Waals surface area contributed by atoms with Crippen molar-refractivity contribution >= 4 is 17.3 Å². The molecule has 1 aromatic rings. The maximum atomic E-state index is 11.9. The van der Waals surface area contributed by atoms with E-state index in [2.05, 4.69) is 19.2 Å². The largest absolute Gasteiger partial charge is 0.495 e. The van der Waals surface area contributed by atoms with E-state index >= 15 is 0 Å². The van der Waals surface area contributed by atoms with Gasteiger partial charge in [0.15, 0.2) is 0 Å². The van der Waals surface area contributed by atoms with E-state index in [1.54, 1.807) is 25.3 Å². The van der Waals surface area contributed by atoms with Crippen molar-refractivity contribution in [3.05, 3.63) is 18.2 Å². The number of anilines is 2. The topological polar surface area (TPSA) is 73.6 Å². The van der Waals surface area contributed by atoms with Crippen molar-refractivity contribution in [2.45, 2.75) is 39.7 Å². The van der Waals surface area contributed by atoms with Gasteiger partial charge in [-0.15, -0.1) is 0 Å².